The van der Waals surface area contributed by atoms with Crippen molar-refractivity contribution in [2.24, 2.45) is 0 Å². The number of ether oxygens (including phenoxy) is 1. The van der Waals surface area contributed by atoms with E-state index in [0.717, 1.165) is 0 Å². The molecule has 1 heterocycles. The number of benzene rings is 1. The molecule has 0 spiro atoms. The van der Waals surface area contributed by atoms with Crippen LogP contribution >= 0.6 is 0 Å². The molecule has 0 aliphatic carbocycles. The van der Waals surface area contributed by atoms with E-state index in [0.29, 0.717) is 5.75 Å². The highest BCUT2D eigenvalue weighted by Crippen LogP contribution is 2.11. The number of carbonyl (C=O) groups excluding carboxylic acids is 1. The van der Waals surface area contributed by atoms with E-state index in [-0.39, 0.29) is 11.9 Å². The number of nitrogen functional groups attached to an aromatic ring is 1. The van der Waals surface area contributed by atoms with Crippen LogP contribution in [0.4, 0.5) is 6.01 Å². The van der Waals surface area contributed by atoms with Gasteiger partial charge in [-0.05, 0) is 12.1 Å². The summed E-state index contributed by atoms with van der Waals surface area (Å²) in [6, 6.07) is 8.39. The van der Waals surface area contributed by atoms with Crippen LogP contribution in [0.25, 0.3) is 0 Å². The monoisotopic (exact) mass is 205 g/mol. The molecular weight excluding hydrogens is 198 g/mol. The van der Waals surface area contributed by atoms with E-state index in [1.165, 1.54) is 0 Å². The highest BCUT2D eigenvalue weighted by atomic mass is 16.6. The number of hydrogen-bond donors (Lipinski definition) is 1. The van der Waals surface area contributed by atoms with E-state index in [2.05, 4.69) is 10.2 Å². The molecular formula is C9H7N3O3. The van der Waals surface area contributed by atoms with Crippen LogP contribution in [-0.4, -0.2) is 16.2 Å². The Labute approximate surface area is 84.7 Å². The summed E-state index contributed by atoms with van der Waals surface area (Å²) < 4.78 is 9.62. The lowest BCUT2D eigenvalue weighted by atomic mass is 10.3. The molecule has 1 aromatic heterocycles. The molecule has 0 unspecified atom stereocenters. The first-order valence-corrected chi connectivity index (χ1v) is 4.12. The number of esters is 1. The summed E-state index contributed by atoms with van der Waals surface area (Å²) in [6.07, 6.45) is 0. The molecule has 0 atom stereocenters. The molecule has 6 nitrogen and oxygen atoms in total. The van der Waals surface area contributed by atoms with Crippen LogP contribution in [-0.2, 0) is 0 Å². The highest BCUT2D eigenvalue weighted by Gasteiger charge is 2.15. The summed E-state index contributed by atoms with van der Waals surface area (Å²) in [5, 5.41) is 6.74. The Morgan fingerprint density at radius 2 is 2.00 bits per heavy atom. The van der Waals surface area contributed by atoms with Gasteiger partial charge >= 0.3 is 17.9 Å². The zero-order valence-corrected chi connectivity index (χ0v) is 7.58. The standard InChI is InChI=1S/C9H7N3O3/c10-9-12-11-7(15-9)8(13)14-6-4-2-1-3-5-6/h1-5H,(H2,10,12). The molecule has 0 saturated heterocycles. The number of carbonyl (C=O) groups is 1. The predicted molar refractivity (Wildman–Crippen MR) is 50.1 cm³/mol. The van der Waals surface area contributed by atoms with Crippen LogP contribution < -0.4 is 10.5 Å². The SMILES string of the molecule is Nc1nnc(C(=O)Oc2ccccc2)o1. The first-order valence-electron chi connectivity index (χ1n) is 4.12. The fraction of sp³-hybridized carbons (Fsp3) is 0. The average Bonchev–Trinajstić information content (AvgIpc) is 2.66. The molecule has 76 valence electrons. The molecule has 0 saturated carbocycles. The molecule has 0 fully saturated rings. The summed E-state index contributed by atoms with van der Waals surface area (Å²) in [6.45, 7) is 0. The fourth-order valence-corrected chi connectivity index (χ4v) is 0.956. The number of para-hydroxylation sites is 1. The van der Waals surface area contributed by atoms with Crippen molar-refractivity contribution in [1.29, 1.82) is 0 Å². The summed E-state index contributed by atoms with van der Waals surface area (Å²) in [5.74, 6) is -0.596. The fourth-order valence-electron chi connectivity index (χ4n) is 0.956. The summed E-state index contributed by atoms with van der Waals surface area (Å²) in [4.78, 5) is 11.4. The number of aromatic nitrogens is 2. The maximum Gasteiger partial charge on any atom is 0.401 e. The Hall–Kier alpha value is -2.37. The number of hydrogen-bond acceptors (Lipinski definition) is 6. The van der Waals surface area contributed by atoms with Gasteiger partial charge in [-0.25, -0.2) is 4.79 Å². The molecule has 2 rings (SSSR count). The molecule has 6 heteroatoms. The van der Waals surface area contributed by atoms with Crippen molar-refractivity contribution in [3.63, 3.8) is 0 Å². The summed E-state index contributed by atoms with van der Waals surface area (Å²) >= 11 is 0. The van der Waals surface area contributed by atoms with Crippen LogP contribution in [0, 0.1) is 0 Å². The third-order valence-electron chi connectivity index (χ3n) is 1.57. The lowest BCUT2D eigenvalue weighted by Gasteiger charge is -1.99. The van der Waals surface area contributed by atoms with Gasteiger partial charge in [-0.3, -0.25) is 0 Å². The molecule has 1 aromatic carbocycles. The largest absolute Gasteiger partial charge is 0.419 e. The Morgan fingerprint density at radius 1 is 1.27 bits per heavy atom. The Morgan fingerprint density at radius 3 is 2.60 bits per heavy atom. The Bertz CT molecular complexity index is 466. The van der Waals surface area contributed by atoms with Crippen LogP contribution in [0.5, 0.6) is 5.75 Å². The number of nitrogens with two attached hydrogens (primary N) is 1. The molecule has 2 aromatic rings. The van der Waals surface area contributed by atoms with Crippen molar-refractivity contribution in [3.8, 4) is 5.75 Å². The van der Waals surface area contributed by atoms with E-state index < -0.39 is 5.97 Å². The van der Waals surface area contributed by atoms with Crippen molar-refractivity contribution in [2.75, 3.05) is 5.73 Å². The second kappa shape index (κ2) is 3.79. The normalized spacial score (nSPS) is 9.87. The van der Waals surface area contributed by atoms with Gasteiger partial charge in [0.1, 0.15) is 5.75 Å². The molecule has 0 aliphatic rings. The minimum absolute atomic E-state index is 0.171. The van der Waals surface area contributed by atoms with Crippen molar-refractivity contribution < 1.29 is 13.9 Å². The van der Waals surface area contributed by atoms with E-state index in [1.54, 1.807) is 24.3 Å². The molecule has 0 bridgehead atoms. The molecule has 15 heavy (non-hydrogen) atoms. The average molecular weight is 205 g/mol. The van der Waals surface area contributed by atoms with Gasteiger partial charge in [0.05, 0.1) is 0 Å². The quantitative estimate of drug-likeness (QED) is 0.577. The van der Waals surface area contributed by atoms with E-state index in [4.69, 9.17) is 14.9 Å². The first kappa shape index (κ1) is 9.20. The van der Waals surface area contributed by atoms with E-state index >= 15 is 0 Å². The maximum atomic E-state index is 11.4. The van der Waals surface area contributed by atoms with Gasteiger partial charge in [-0.1, -0.05) is 28.4 Å². The van der Waals surface area contributed by atoms with Gasteiger partial charge in [0, 0.05) is 0 Å². The van der Waals surface area contributed by atoms with Crippen LogP contribution in [0.15, 0.2) is 34.7 Å². The van der Waals surface area contributed by atoms with Gasteiger partial charge in [-0.15, -0.1) is 0 Å². The lowest BCUT2D eigenvalue weighted by molar-refractivity contribution is 0.0694. The van der Waals surface area contributed by atoms with Gasteiger partial charge in [-0.2, -0.15) is 0 Å². The smallest absolute Gasteiger partial charge is 0.401 e. The number of nitrogens with zero attached hydrogens (tertiary/aromatic N) is 2. The number of anilines is 1. The van der Waals surface area contributed by atoms with E-state index in [9.17, 15) is 4.79 Å². The van der Waals surface area contributed by atoms with Crippen molar-refractivity contribution in [3.05, 3.63) is 36.2 Å². The van der Waals surface area contributed by atoms with Gasteiger partial charge in [0.15, 0.2) is 0 Å². The van der Waals surface area contributed by atoms with Crippen molar-refractivity contribution in [2.45, 2.75) is 0 Å². The van der Waals surface area contributed by atoms with E-state index in [1.807, 2.05) is 6.07 Å². The third-order valence-corrected chi connectivity index (χ3v) is 1.57. The van der Waals surface area contributed by atoms with Crippen molar-refractivity contribution in [1.82, 2.24) is 10.2 Å². The molecule has 2 N–H and O–H groups in total. The van der Waals surface area contributed by atoms with Crippen LogP contribution in [0.2, 0.25) is 0 Å². The number of rotatable bonds is 2. The molecule has 0 aliphatic heterocycles. The van der Waals surface area contributed by atoms with Crippen LogP contribution in [0.1, 0.15) is 10.7 Å². The second-order valence-corrected chi connectivity index (χ2v) is 2.65. The first-order chi connectivity index (χ1) is 7.25. The minimum Gasteiger partial charge on any atom is -0.419 e. The zero-order valence-electron chi connectivity index (χ0n) is 7.58. The Kier molecular flexibility index (Phi) is 2.32. The molecule has 0 radical (unpaired) electrons. The maximum absolute atomic E-state index is 11.4. The third kappa shape index (κ3) is 2.11. The highest BCUT2D eigenvalue weighted by molar-refractivity contribution is 5.86. The summed E-state index contributed by atoms with van der Waals surface area (Å²) in [5.41, 5.74) is 5.16. The molecule has 0 amide bonds. The Balaban J connectivity index is 2.11. The van der Waals surface area contributed by atoms with Crippen LogP contribution in [0.3, 0.4) is 0 Å². The predicted octanol–water partition coefficient (Wildman–Crippen LogP) is 0.871. The second-order valence-electron chi connectivity index (χ2n) is 2.65. The topological polar surface area (TPSA) is 91.2 Å². The zero-order chi connectivity index (χ0) is 10.7. The van der Waals surface area contributed by atoms with Gasteiger partial charge in [0.25, 0.3) is 0 Å². The van der Waals surface area contributed by atoms with Gasteiger partial charge < -0.3 is 14.9 Å². The van der Waals surface area contributed by atoms with Crippen molar-refractivity contribution >= 4 is 12.0 Å². The van der Waals surface area contributed by atoms with Gasteiger partial charge in [0.2, 0.25) is 0 Å². The lowest BCUT2D eigenvalue weighted by Crippen LogP contribution is -2.08. The summed E-state index contributed by atoms with van der Waals surface area (Å²) in [7, 11) is 0. The minimum atomic E-state index is -0.731.